The second-order valence-corrected chi connectivity index (χ2v) is 7.03. The van der Waals surface area contributed by atoms with E-state index in [4.69, 9.17) is 0 Å². The highest BCUT2D eigenvalue weighted by atomic mass is 19.1. The minimum absolute atomic E-state index is 0.102. The van der Waals surface area contributed by atoms with Crippen LogP contribution in [0.4, 0.5) is 10.1 Å². The maximum atomic E-state index is 13.8. The van der Waals surface area contributed by atoms with Crippen molar-refractivity contribution in [1.82, 2.24) is 14.3 Å². The van der Waals surface area contributed by atoms with E-state index in [1.165, 1.54) is 17.0 Å². The van der Waals surface area contributed by atoms with Crippen LogP contribution in [0.25, 0.3) is 28.0 Å². The zero-order valence-corrected chi connectivity index (χ0v) is 16.5. The summed E-state index contributed by atoms with van der Waals surface area (Å²) in [5.74, 6) is -0.451. The number of carbonyl (C=O) groups is 2. The van der Waals surface area contributed by atoms with Crippen LogP contribution >= 0.6 is 0 Å². The Morgan fingerprint density at radius 1 is 1.07 bits per heavy atom. The summed E-state index contributed by atoms with van der Waals surface area (Å²) in [5.41, 5.74) is 4.52. The second-order valence-electron chi connectivity index (χ2n) is 7.03. The molecule has 0 unspecified atom stereocenters. The Balaban J connectivity index is 1.91. The first-order chi connectivity index (χ1) is 14.5. The predicted octanol–water partition coefficient (Wildman–Crippen LogP) is 4.08. The highest BCUT2D eigenvalue weighted by molar-refractivity contribution is 5.95. The fraction of sp³-hybridized carbons (Fsp3) is 0.0870. The standard InChI is InChI=1S/C23H19FN4O2/c1-27(2)23(30)17-7-3-6-16(9-17)21-12-25-22-20(26-14-29)11-18(13-28(21)22)15-5-4-8-19(24)10-15/h3-14H,1-2H3,(H,26,29). The Hall–Kier alpha value is -4.00. The molecule has 4 rings (SSSR count). The number of nitrogens with one attached hydrogen (secondary N) is 1. The molecular weight excluding hydrogens is 383 g/mol. The van der Waals surface area contributed by atoms with Gasteiger partial charge in [-0.2, -0.15) is 0 Å². The van der Waals surface area contributed by atoms with E-state index in [2.05, 4.69) is 10.3 Å². The minimum atomic E-state index is -0.349. The van der Waals surface area contributed by atoms with Crippen molar-refractivity contribution in [2.75, 3.05) is 19.4 Å². The summed E-state index contributed by atoms with van der Waals surface area (Å²) < 4.78 is 15.6. The van der Waals surface area contributed by atoms with Gasteiger partial charge in [0.15, 0.2) is 5.65 Å². The predicted molar refractivity (Wildman–Crippen MR) is 114 cm³/mol. The van der Waals surface area contributed by atoms with Crippen molar-refractivity contribution < 1.29 is 14.0 Å². The van der Waals surface area contributed by atoms with Gasteiger partial charge >= 0.3 is 0 Å². The van der Waals surface area contributed by atoms with Gasteiger partial charge in [0.1, 0.15) is 5.82 Å². The molecule has 0 aliphatic heterocycles. The van der Waals surface area contributed by atoms with Crippen molar-refractivity contribution in [2.45, 2.75) is 0 Å². The Bertz CT molecular complexity index is 1260. The van der Waals surface area contributed by atoms with Gasteiger partial charge in [-0.25, -0.2) is 9.37 Å². The molecule has 0 saturated heterocycles. The molecule has 7 heteroatoms. The van der Waals surface area contributed by atoms with Gasteiger partial charge in [0, 0.05) is 37.0 Å². The highest BCUT2D eigenvalue weighted by Crippen LogP contribution is 2.30. The van der Waals surface area contributed by atoms with Crippen LogP contribution in [0.3, 0.4) is 0 Å². The lowest BCUT2D eigenvalue weighted by Gasteiger charge is -2.12. The molecule has 0 atom stereocenters. The molecule has 0 spiro atoms. The monoisotopic (exact) mass is 402 g/mol. The molecule has 6 nitrogen and oxygen atoms in total. The van der Waals surface area contributed by atoms with Gasteiger partial charge in [-0.1, -0.05) is 24.3 Å². The Morgan fingerprint density at radius 2 is 1.83 bits per heavy atom. The lowest BCUT2D eigenvalue weighted by Crippen LogP contribution is -2.21. The van der Waals surface area contributed by atoms with E-state index in [1.807, 2.05) is 22.7 Å². The number of hydrogen-bond acceptors (Lipinski definition) is 3. The average Bonchev–Trinajstić information content (AvgIpc) is 3.18. The van der Waals surface area contributed by atoms with Crippen LogP contribution in [0.1, 0.15) is 10.4 Å². The summed E-state index contributed by atoms with van der Waals surface area (Å²) in [6.07, 6.45) is 4.10. The number of nitrogens with zero attached hydrogens (tertiary/aromatic N) is 3. The molecule has 150 valence electrons. The van der Waals surface area contributed by atoms with Crippen molar-refractivity contribution >= 4 is 23.7 Å². The van der Waals surface area contributed by atoms with Gasteiger partial charge in [-0.15, -0.1) is 0 Å². The van der Waals surface area contributed by atoms with Gasteiger partial charge in [0.25, 0.3) is 5.91 Å². The molecule has 0 radical (unpaired) electrons. The summed E-state index contributed by atoms with van der Waals surface area (Å²) in [6, 6.07) is 15.2. The molecule has 2 aromatic carbocycles. The number of rotatable bonds is 5. The summed E-state index contributed by atoms with van der Waals surface area (Å²) >= 11 is 0. The number of carbonyl (C=O) groups excluding carboxylic acids is 2. The smallest absolute Gasteiger partial charge is 0.253 e. The van der Waals surface area contributed by atoms with E-state index >= 15 is 0 Å². The van der Waals surface area contributed by atoms with Gasteiger partial charge in [0.2, 0.25) is 6.41 Å². The molecule has 2 aromatic heterocycles. The lowest BCUT2D eigenvalue weighted by molar-refractivity contribution is -0.105. The number of amides is 2. The SMILES string of the molecule is CN(C)C(=O)c1cccc(-c2cnc3c(NC=O)cc(-c4cccc(F)c4)cn23)c1. The maximum absolute atomic E-state index is 13.8. The van der Waals surface area contributed by atoms with E-state index in [1.54, 1.807) is 50.6 Å². The zero-order chi connectivity index (χ0) is 21.3. The minimum Gasteiger partial charge on any atom is -0.345 e. The molecule has 30 heavy (non-hydrogen) atoms. The van der Waals surface area contributed by atoms with Gasteiger partial charge in [-0.05, 0) is 35.9 Å². The third-order valence-corrected chi connectivity index (χ3v) is 4.79. The summed E-state index contributed by atoms with van der Waals surface area (Å²) in [6.45, 7) is 0. The van der Waals surface area contributed by atoms with Crippen molar-refractivity contribution in [3.05, 3.63) is 78.4 Å². The van der Waals surface area contributed by atoms with Crippen LogP contribution in [-0.2, 0) is 4.79 Å². The molecule has 0 saturated carbocycles. The molecule has 0 aliphatic rings. The number of anilines is 1. The third kappa shape index (κ3) is 3.53. The van der Waals surface area contributed by atoms with Crippen LogP contribution in [-0.4, -0.2) is 40.7 Å². The number of hydrogen-bond donors (Lipinski definition) is 1. The molecule has 2 amide bonds. The molecule has 1 N–H and O–H groups in total. The fourth-order valence-electron chi connectivity index (χ4n) is 3.37. The molecule has 0 bridgehead atoms. The topological polar surface area (TPSA) is 66.7 Å². The number of aromatic nitrogens is 2. The van der Waals surface area contributed by atoms with Crippen molar-refractivity contribution in [1.29, 1.82) is 0 Å². The van der Waals surface area contributed by atoms with Gasteiger partial charge in [0.05, 0.1) is 17.6 Å². The second kappa shape index (κ2) is 7.79. The number of halogens is 1. The van der Waals surface area contributed by atoms with Crippen molar-refractivity contribution in [2.24, 2.45) is 0 Å². The van der Waals surface area contributed by atoms with Crippen molar-refractivity contribution in [3.8, 4) is 22.4 Å². The third-order valence-electron chi connectivity index (χ3n) is 4.79. The first-order valence-electron chi connectivity index (χ1n) is 9.27. The number of benzene rings is 2. The Kier molecular flexibility index (Phi) is 5.02. The van der Waals surface area contributed by atoms with Crippen LogP contribution in [0.2, 0.25) is 0 Å². The largest absolute Gasteiger partial charge is 0.345 e. The van der Waals surface area contributed by atoms with E-state index in [0.717, 1.165) is 11.3 Å². The summed E-state index contributed by atoms with van der Waals surface area (Å²) in [4.78, 5) is 29.5. The number of pyridine rings is 1. The van der Waals surface area contributed by atoms with Crippen LogP contribution in [0.15, 0.2) is 67.0 Å². The molecule has 2 heterocycles. The number of fused-ring (bicyclic) bond motifs is 1. The average molecular weight is 402 g/mol. The van der Waals surface area contributed by atoms with E-state index in [0.29, 0.717) is 34.4 Å². The number of imidazole rings is 1. The van der Waals surface area contributed by atoms with Crippen LogP contribution in [0.5, 0.6) is 0 Å². The maximum Gasteiger partial charge on any atom is 0.253 e. The van der Waals surface area contributed by atoms with E-state index < -0.39 is 0 Å². The molecular formula is C23H19FN4O2. The van der Waals surface area contributed by atoms with Crippen LogP contribution in [0, 0.1) is 5.82 Å². The Labute approximate surface area is 172 Å². The summed E-state index contributed by atoms with van der Waals surface area (Å²) in [7, 11) is 3.40. The lowest BCUT2D eigenvalue weighted by atomic mass is 10.1. The quantitative estimate of drug-likeness (QED) is 0.512. The van der Waals surface area contributed by atoms with Crippen LogP contribution < -0.4 is 5.32 Å². The van der Waals surface area contributed by atoms with Gasteiger partial charge in [-0.3, -0.25) is 14.0 Å². The van der Waals surface area contributed by atoms with E-state index in [9.17, 15) is 14.0 Å². The molecule has 0 aliphatic carbocycles. The molecule has 4 aromatic rings. The first-order valence-corrected chi connectivity index (χ1v) is 9.27. The fourth-order valence-corrected chi connectivity index (χ4v) is 3.37. The zero-order valence-electron chi connectivity index (χ0n) is 16.5. The van der Waals surface area contributed by atoms with Crippen molar-refractivity contribution in [3.63, 3.8) is 0 Å². The molecule has 0 fully saturated rings. The normalized spacial score (nSPS) is 10.8. The van der Waals surface area contributed by atoms with E-state index in [-0.39, 0.29) is 11.7 Å². The first kappa shape index (κ1) is 19.3. The summed E-state index contributed by atoms with van der Waals surface area (Å²) in [5, 5.41) is 2.67. The Morgan fingerprint density at radius 3 is 2.57 bits per heavy atom. The highest BCUT2D eigenvalue weighted by Gasteiger charge is 2.15. The van der Waals surface area contributed by atoms with Gasteiger partial charge < -0.3 is 10.2 Å².